The summed E-state index contributed by atoms with van der Waals surface area (Å²) in [5.41, 5.74) is 1.48. The summed E-state index contributed by atoms with van der Waals surface area (Å²) in [4.78, 5) is 5.55. The van der Waals surface area contributed by atoms with Gasteiger partial charge in [0.2, 0.25) is 0 Å². The summed E-state index contributed by atoms with van der Waals surface area (Å²) in [7, 11) is -1.94. The molecule has 0 fully saturated rings. The van der Waals surface area contributed by atoms with Gasteiger partial charge in [-0.2, -0.15) is 0 Å². The first kappa shape index (κ1) is 14.8. The van der Waals surface area contributed by atoms with E-state index in [4.69, 9.17) is 0 Å². The third-order valence-electron chi connectivity index (χ3n) is 2.90. The molecule has 0 bridgehead atoms. The zero-order chi connectivity index (χ0) is 14.8. The summed E-state index contributed by atoms with van der Waals surface area (Å²) in [6.07, 6.45) is 0.789. The molecule has 0 radical (unpaired) electrons. The molecule has 1 aromatic carbocycles. The number of hydrogen-bond acceptors (Lipinski definition) is 5. The number of nitrogens with one attached hydrogen (secondary N) is 2. The van der Waals surface area contributed by atoms with E-state index in [1.54, 1.807) is 31.3 Å². The maximum atomic E-state index is 12.4. The smallest absolute Gasteiger partial charge is 0.265 e. The zero-order valence-corrected chi connectivity index (χ0v) is 13.2. The first-order valence-electron chi connectivity index (χ1n) is 6.24. The number of para-hydroxylation sites is 1. The molecule has 1 heterocycles. The minimum atomic E-state index is -3.63. The van der Waals surface area contributed by atoms with Crippen molar-refractivity contribution in [1.82, 2.24) is 4.98 Å². The Balaban J connectivity index is 2.35. The molecule has 2 N–H and O–H groups in total. The lowest BCUT2D eigenvalue weighted by molar-refractivity contribution is 0.601. The molecule has 0 aliphatic rings. The number of thiazole rings is 1. The molecular weight excluding hydrogens is 294 g/mol. The van der Waals surface area contributed by atoms with Crippen molar-refractivity contribution in [3.63, 3.8) is 0 Å². The molecule has 108 valence electrons. The van der Waals surface area contributed by atoms with Gasteiger partial charge in [-0.05, 0) is 25.5 Å². The van der Waals surface area contributed by atoms with E-state index in [1.165, 1.54) is 11.3 Å². The second-order valence-corrected chi connectivity index (χ2v) is 7.08. The van der Waals surface area contributed by atoms with Crippen LogP contribution >= 0.6 is 11.3 Å². The van der Waals surface area contributed by atoms with Crippen LogP contribution < -0.4 is 10.0 Å². The molecule has 1 aromatic heterocycles. The molecule has 0 saturated heterocycles. The number of sulfonamides is 1. The number of hydrogen-bond donors (Lipinski definition) is 2. The van der Waals surface area contributed by atoms with Crippen LogP contribution in [0.15, 0.2) is 29.2 Å². The largest absolute Gasteiger partial charge is 0.387 e. The van der Waals surface area contributed by atoms with E-state index in [2.05, 4.69) is 15.0 Å². The second kappa shape index (κ2) is 5.80. The predicted molar refractivity (Wildman–Crippen MR) is 83.0 cm³/mol. The van der Waals surface area contributed by atoms with Gasteiger partial charge >= 0.3 is 0 Å². The highest BCUT2D eigenvalue weighted by molar-refractivity contribution is 7.93. The summed E-state index contributed by atoms with van der Waals surface area (Å²) in [6, 6.07) is 6.77. The van der Waals surface area contributed by atoms with Crippen molar-refractivity contribution in [2.75, 3.05) is 17.1 Å². The number of aryl methyl sites for hydroxylation is 2. The Morgan fingerprint density at radius 2 is 2.00 bits per heavy atom. The average Bonchev–Trinajstić information content (AvgIpc) is 2.77. The maximum absolute atomic E-state index is 12.4. The van der Waals surface area contributed by atoms with Gasteiger partial charge in [-0.25, -0.2) is 13.4 Å². The fourth-order valence-corrected chi connectivity index (χ4v) is 4.23. The number of aromatic nitrogens is 1. The highest BCUT2D eigenvalue weighted by atomic mass is 32.2. The Morgan fingerprint density at radius 3 is 2.60 bits per heavy atom. The topological polar surface area (TPSA) is 71.1 Å². The van der Waals surface area contributed by atoms with Crippen molar-refractivity contribution < 1.29 is 8.42 Å². The van der Waals surface area contributed by atoms with Crippen LogP contribution in [-0.2, 0) is 16.4 Å². The van der Waals surface area contributed by atoms with Crippen LogP contribution in [0.5, 0.6) is 0 Å². The van der Waals surface area contributed by atoms with E-state index in [1.807, 2.05) is 13.8 Å². The van der Waals surface area contributed by atoms with Crippen LogP contribution in [0.2, 0.25) is 0 Å². The summed E-state index contributed by atoms with van der Waals surface area (Å²) in [5, 5.41) is 3.29. The molecular formula is C13H17N3O2S2. The van der Waals surface area contributed by atoms with Gasteiger partial charge in [-0.1, -0.05) is 19.1 Å². The third-order valence-corrected chi connectivity index (χ3v) is 5.35. The Bertz CT molecular complexity index is 708. The van der Waals surface area contributed by atoms with Gasteiger partial charge in [0.1, 0.15) is 4.90 Å². The molecule has 0 aliphatic heterocycles. The Morgan fingerprint density at radius 1 is 1.30 bits per heavy atom. The molecule has 0 saturated carbocycles. The van der Waals surface area contributed by atoms with Gasteiger partial charge in [0.25, 0.3) is 10.0 Å². The van der Waals surface area contributed by atoms with Crippen LogP contribution in [-0.4, -0.2) is 20.4 Å². The van der Waals surface area contributed by atoms with Crippen molar-refractivity contribution >= 4 is 32.2 Å². The lowest BCUT2D eigenvalue weighted by Crippen LogP contribution is -2.14. The quantitative estimate of drug-likeness (QED) is 0.890. The highest BCUT2D eigenvalue weighted by Crippen LogP contribution is 2.27. The van der Waals surface area contributed by atoms with Gasteiger partial charge in [-0.3, -0.25) is 4.72 Å². The van der Waals surface area contributed by atoms with Crippen molar-refractivity contribution in [1.29, 1.82) is 0 Å². The fraction of sp³-hybridized carbons (Fsp3) is 0.308. The lowest BCUT2D eigenvalue weighted by atomic mass is 10.3. The van der Waals surface area contributed by atoms with Crippen molar-refractivity contribution in [3.05, 3.63) is 34.8 Å². The number of nitrogens with zero attached hydrogens (tertiary/aromatic N) is 1. The monoisotopic (exact) mass is 311 g/mol. The number of benzene rings is 1. The van der Waals surface area contributed by atoms with Crippen LogP contribution in [0.3, 0.4) is 0 Å². The van der Waals surface area contributed by atoms with Gasteiger partial charge in [0, 0.05) is 11.9 Å². The minimum Gasteiger partial charge on any atom is -0.387 e. The van der Waals surface area contributed by atoms with Gasteiger partial charge in [0.15, 0.2) is 5.13 Å². The lowest BCUT2D eigenvalue weighted by Gasteiger charge is -2.09. The van der Waals surface area contributed by atoms with Crippen molar-refractivity contribution in [3.8, 4) is 0 Å². The minimum absolute atomic E-state index is 0.216. The van der Waals surface area contributed by atoms with Crippen LogP contribution in [0.25, 0.3) is 0 Å². The summed E-state index contributed by atoms with van der Waals surface area (Å²) in [5.74, 6) is 0. The fourth-order valence-electron chi connectivity index (χ4n) is 1.88. The standard InChI is InChI=1S/C13H17N3O2S2/c1-4-10-9(2)19-13(15-10)16-20(17,18)12-8-6-5-7-11(12)14-3/h5-8,14H,4H2,1-3H3,(H,15,16). The number of rotatable bonds is 5. The third kappa shape index (κ3) is 2.94. The zero-order valence-electron chi connectivity index (χ0n) is 11.6. The van der Waals surface area contributed by atoms with Gasteiger partial charge in [0.05, 0.1) is 11.4 Å². The molecule has 5 nitrogen and oxygen atoms in total. The Kier molecular flexibility index (Phi) is 4.29. The average molecular weight is 311 g/mol. The van der Waals surface area contributed by atoms with E-state index in [0.717, 1.165) is 17.0 Å². The molecule has 0 unspecified atom stereocenters. The van der Waals surface area contributed by atoms with E-state index in [0.29, 0.717) is 10.8 Å². The van der Waals surface area contributed by atoms with E-state index < -0.39 is 10.0 Å². The maximum Gasteiger partial charge on any atom is 0.265 e. The molecule has 20 heavy (non-hydrogen) atoms. The normalized spacial score (nSPS) is 11.3. The Labute approximate surface area is 123 Å². The molecule has 7 heteroatoms. The molecule has 0 spiro atoms. The predicted octanol–water partition coefficient (Wildman–Crippen LogP) is 2.86. The van der Waals surface area contributed by atoms with Crippen LogP contribution in [0.1, 0.15) is 17.5 Å². The molecule has 2 rings (SSSR count). The molecule has 2 aromatic rings. The van der Waals surface area contributed by atoms with E-state index in [-0.39, 0.29) is 4.90 Å². The van der Waals surface area contributed by atoms with Gasteiger partial charge < -0.3 is 5.32 Å². The highest BCUT2D eigenvalue weighted by Gasteiger charge is 2.20. The van der Waals surface area contributed by atoms with Crippen molar-refractivity contribution in [2.45, 2.75) is 25.2 Å². The molecule has 0 amide bonds. The summed E-state index contributed by atoms with van der Waals surface area (Å²) < 4.78 is 27.4. The second-order valence-electron chi connectivity index (χ2n) is 4.23. The number of anilines is 2. The first-order valence-corrected chi connectivity index (χ1v) is 8.53. The van der Waals surface area contributed by atoms with E-state index >= 15 is 0 Å². The van der Waals surface area contributed by atoms with Gasteiger partial charge in [-0.15, -0.1) is 11.3 Å². The molecule has 0 atom stereocenters. The van der Waals surface area contributed by atoms with E-state index in [9.17, 15) is 8.42 Å². The van der Waals surface area contributed by atoms with Crippen molar-refractivity contribution in [2.24, 2.45) is 0 Å². The van der Waals surface area contributed by atoms with Crippen LogP contribution in [0, 0.1) is 6.92 Å². The summed E-state index contributed by atoms with van der Waals surface area (Å²) in [6.45, 7) is 3.94. The first-order chi connectivity index (χ1) is 9.47. The summed E-state index contributed by atoms with van der Waals surface area (Å²) >= 11 is 1.35. The molecule has 0 aliphatic carbocycles. The Hall–Kier alpha value is -1.60. The van der Waals surface area contributed by atoms with Crippen LogP contribution in [0.4, 0.5) is 10.8 Å². The SMILES string of the molecule is CCc1nc(NS(=O)(=O)c2ccccc2NC)sc1C.